The zero-order chi connectivity index (χ0) is 21.2. The van der Waals surface area contributed by atoms with Crippen LogP contribution in [0.5, 0.6) is 5.75 Å². The van der Waals surface area contributed by atoms with Crippen molar-refractivity contribution in [2.45, 2.75) is 6.92 Å². The van der Waals surface area contributed by atoms with Crippen LogP contribution in [0, 0.1) is 28.4 Å². The van der Waals surface area contributed by atoms with Crippen LogP contribution < -0.4 is 10.1 Å². The Morgan fingerprint density at radius 1 is 1.24 bits per heavy atom. The van der Waals surface area contributed by atoms with E-state index in [-0.39, 0.29) is 18.0 Å². The van der Waals surface area contributed by atoms with Crippen molar-refractivity contribution in [2.24, 2.45) is 0 Å². The Bertz CT molecular complexity index is 977. The molecule has 1 N–H and O–H groups in total. The molecule has 0 fully saturated rings. The second-order valence-corrected chi connectivity index (χ2v) is 5.78. The summed E-state index contributed by atoms with van der Waals surface area (Å²) < 4.78 is 9.95. The smallest absolute Gasteiger partial charge is 0.331 e. The van der Waals surface area contributed by atoms with Crippen LogP contribution in [-0.4, -0.2) is 30.0 Å². The molecule has 0 aliphatic carbocycles. The fourth-order valence-electron chi connectivity index (χ4n) is 2.22. The van der Waals surface area contributed by atoms with Crippen molar-refractivity contribution in [3.63, 3.8) is 0 Å². The van der Waals surface area contributed by atoms with Crippen molar-refractivity contribution < 1.29 is 24.0 Å². The summed E-state index contributed by atoms with van der Waals surface area (Å²) in [6.07, 6.45) is 2.63. The molecule has 0 atom stereocenters. The van der Waals surface area contributed by atoms with E-state index in [0.717, 1.165) is 6.08 Å². The summed E-state index contributed by atoms with van der Waals surface area (Å²) in [5.41, 5.74) is 1.14. The molecular weight excluding hydrogens is 378 g/mol. The second kappa shape index (κ2) is 10.2. The summed E-state index contributed by atoms with van der Waals surface area (Å²) in [6, 6.07) is 12.9. The number of anilines is 1. The van der Waals surface area contributed by atoms with Crippen LogP contribution >= 0.6 is 0 Å². The first-order valence-electron chi connectivity index (χ1n) is 8.38. The summed E-state index contributed by atoms with van der Waals surface area (Å²) in [4.78, 5) is 34.1. The molecule has 29 heavy (non-hydrogen) atoms. The van der Waals surface area contributed by atoms with Crippen molar-refractivity contribution >= 4 is 29.3 Å². The minimum Gasteiger partial charge on any atom is -0.479 e. The van der Waals surface area contributed by atoms with Gasteiger partial charge in [0.25, 0.3) is 11.6 Å². The highest BCUT2D eigenvalue weighted by Gasteiger charge is 2.16. The highest BCUT2D eigenvalue weighted by molar-refractivity contribution is 5.96. The lowest BCUT2D eigenvalue weighted by atomic mass is 10.2. The van der Waals surface area contributed by atoms with E-state index in [9.17, 15) is 19.7 Å². The number of carbonyl (C=O) groups excluding carboxylic acids is 2. The third kappa shape index (κ3) is 6.80. The van der Waals surface area contributed by atoms with Gasteiger partial charge in [0.2, 0.25) is 0 Å². The van der Waals surface area contributed by atoms with E-state index in [1.807, 2.05) is 6.07 Å². The van der Waals surface area contributed by atoms with Gasteiger partial charge < -0.3 is 14.8 Å². The van der Waals surface area contributed by atoms with Crippen molar-refractivity contribution in [3.05, 3.63) is 69.8 Å². The first-order valence-corrected chi connectivity index (χ1v) is 8.38. The normalized spacial score (nSPS) is 10.2. The molecule has 148 valence electrons. The first kappa shape index (κ1) is 21.1. The molecule has 2 aromatic rings. The fraction of sp³-hybridized carbons (Fsp3) is 0.150. The molecule has 0 heterocycles. The number of aryl methyl sites for hydroxylation is 1. The Labute approximate surface area is 166 Å². The third-order valence-corrected chi connectivity index (χ3v) is 3.56. The molecule has 0 spiro atoms. The molecule has 0 aliphatic rings. The molecule has 2 rings (SSSR count). The Morgan fingerprint density at radius 3 is 2.62 bits per heavy atom. The number of rotatable bonds is 8. The predicted octanol–water partition coefficient (Wildman–Crippen LogP) is 3.00. The quantitative estimate of drug-likeness (QED) is 0.314. The van der Waals surface area contributed by atoms with Crippen LogP contribution in [0.15, 0.2) is 48.5 Å². The van der Waals surface area contributed by atoms with Gasteiger partial charge in [0.1, 0.15) is 17.5 Å². The van der Waals surface area contributed by atoms with Crippen LogP contribution in [0.1, 0.15) is 11.1 Å². The van der Waals surface area contributed by atoms with E-state index in [4.69, 9.17) is 14.7 Å². The second-order valence-electron chi connectivity index (χ2n) is 5.78. The molecule has 0 aliphatic heterocycles. The summed E-state index contributed by atoms with van der Waals surface area (Å²) in [5, 5.41) is 21.9. The van der Waals surface area contributed by atoms with Crippen molar-refractivity contribution in [3.8, 4) is 11.8 Å². The lowest BCUT2D eigenvalue weighted by Gasteiger charge is -2.07. The molecular formula is C20H17N3O6. The maximum absolute atomic E-state index is 11.9. The van der Waals surface area contributed by atoms with Crippen LogP contribution in [0.4, 0.5) is 11.4 Å². The topological polar surface area (TPSA) is 132 Å². The van der Waals surface area contributed by atoms with Crippen LogP contribution in [-0.2, 0) is 14.3 Å². The minimum absolute atomic E-state index is 0.0240. The molecule has 0 unspecified atom stereocenters. The van der Waals surface area contributed by atoms with E-state index in [1.54, 1.807) is 37.3 Å². The van der Waals surface area contributed by atoms with Crippen molar-refractivity contribution in [1.29, 1.82) is 5.26 Å². The molecule has 9 nitrogen and oxygen atoms in total. The number of hydrogen-bond donors (Lipinski definition) is 1. The zero-order valence-corrected chi connectivity index (χ0v) is 15.5. The van der Waals surface area contributed by atoms with E-state index in [2.05, 4.69) is 5.32 Å². The molecule has 0 bridgehead atoms. The maximum Gasteiger partial charge on any atom is 0.331 e. The average molecular weight is 395 g/mol. The lowest BCUT2D eigenvalue weighted by molar-refractivity contribution is -0.384. The highest BCUT2D eigenvalue weighted by atomic mass is 16.6. The predicted molar refractivity (Wildman–Crippen MR) is 104 cm³/mol. The average Bonchev–Trinajstić information content (AvgIpc) is 2.71. The van der Waals surface area contributed by atoms with Gasteiger partial charge in [-0.2, -0.15) is 5.26 Å². The van der Waals surface area contributed by atoms with Gasteiger partial charge in [0.15, 0.2) is 13.2 Å². The summed E-state index contributed by atoms with van der Waals surface area (Å²) in [5.74, 6) is -0.922. The van der Waals surface area contributed by atoms with Crippen LogP contribution in [0.2, 0.25) is 0 Å². The number of nitrogens with zero attached hydrogens (tertiary/aromatic N) is 2. The number of nitrogens with one attached hydrogen (secondary N) is 1. The standard InChI is InChI=1S/C20H17N3O6/c1-14-2-8-17(18(12-14)23(26)27)22-19(24)13-29-20(25)9-5-15-3-6-16(7-4-15)28-11-10-21/h2-9,12H,11,13H2,1H3,(H,22,24)/b9-5+. The monoisotopic (exact) mass is 395 g/mol. The summed E-state index contributed by atoms with van der Waals surface area (Å²) in [7, 11) is 0. The number of esters is 1. The van der Waals surface area contributed by atoms with Crippen molar-refractivity contribution in [1.82, 2.24) is 0 Å². The largest absolute Gasteiger partial charge is 0.479 e. The van der Waals surface area contributed by atoms with Gasteiger partial charge in [0, 0.05) is 12.1 Å². The van der Waals surface area contributed by atoms with E-state index in [1.165, 1.54) is 18.2 Å². The van der Waals surface area contributed by atoms with Gasteiger partial charge in [-0.1, -0.05) is 18.2 Å². The minimum atomic E-state index is -0.747. The van der Waals surface area contributed by atoms with Gasteiger partial charge in [-0.3, -0.25) is 14.9 Å². The van der Waals surface area contributed by atoms with Crippen LogP contribution in [0.25, 0.3) is 6.08 Å². The molecule has 9 heteroatoms. The molecule has 0 aromatic heterocycles. The lowest BCUT2D eigenvalue weighted by Crippen LogP contribution is -2.20. The fourth-order valence-corrected chi connectivity index (χ4v) is 2.22. The van der Waals surface area contributed by atoms with E-state index >= 15 is 0 Å². The number of amides is 1. The SMILES string of the molecule is Cc1ccc(NC(=O)COC(=O)/C=C/c2ccc(OCC#N)cc2)c([N+](=O)[O-])c1. The van der Waals surface area contributed by atoms with E-state index in [0.29, 0.717) is 16.9 Å². The number of carbonyl (C=O) groups is 2. The number of nitro groups is 1. The van der Waals surface area contributed by atoms with Crippen molar-refractivity contribution in [2.75, 3.05) is 18.5 Å². The third-order valence-electron chi connectivity index (χ3n) is 3.56. The van der Waals surface area contributed by atoms with Crippen LogP contribution in [0.3, 0.4) is 0 Å². The Morgan fingerprint density at radius 2 is 1.97 bits per heavy atom. The Kier molecular flexibility index (Phi) is 7.44. The molecule has 0 saturated carbocycles. The Balaban J connectivity index is 1.86. The maximum atomic E-state index is 11.9. The number of nitriles is 1. The van der Waals surface area contributed by atoms with Gasteiger partial charge in [-0.05, 0) is 42.3 Å². The first-order chi connectivity index (χ1) is 13.9. The number of nitro benzene ring substituents is 1. The summed E-state index contributed by atoms with van der Waals surface area (Å²) in [6.45, 7) is 1.05. The zero-order valence-electron chi connectivity index (χ0n) is 15.5. The van der Waals surface area contributed by atoms with Gasteiger partial charge >= 0.3 is 5.97 Å². The van der Waals surface area contributed by atoms with E-state index < -0.39 is 23.4 Å². The summed E-state index contributed by atoms with van der Waals surface area (Å²) >= 11 is 0. The highest BCUT2D eigenvalue weighted by Crippen LogP contribution is 2.25. The van der Waals surface area contributed by atoms with Gasteiger partial charge in [-0.25, -0.2) is 4.79 Å². The van der Waals surface area contributed by atoms with Gasteiger partial charge in [0.05, 0.1) is 4.92 Å². The molecule has 0 saturated heterocycles. The number of benzene rings is 2. The Hall–Kier alpha value is -4.19. The van der Waals surface area contributed by atoms with Gasteiger partial charge in [-0.15, -0.1) is 0 Å². The number of hydrogen-bond acceptors (Lipinski definition) is 7. The molecule has 1 amide bonds. The number of ether oxygens (including phenoxy) is 2. The molecule has 0 radical (unpaired) electrons. The molecule has 2 aromatic carbocycles.